The van der Waals surface area contributed by atoms with Crippen LogP contribution in [0.25, 0.3) is 9.75 Å². The first-order chi connectivity index (χ1) is 15.9. The van der Waals surface area contributed by atoms with Crippen LogP contribution in [0, 0.1) is 0 Å². The fraction of sp³-hybridized carbons (Fsp3) is 0.435. The molecule has 2 aliphatic heterocycles. The summed E-state index contributed by atoms with van der Waals surface area (Å²) in [6.45, 7) is -0.402. The van der Waals surface area contributed by atoms with Crippen LogP contribution in [0.3, 0.4) is 0 Å². The van der Waals surface area contributed by atoms with Gasteiger partial charge in [0, 0.05) is 27.1 Å². The molecule has 2 fully saturated rings. The van der Waals surface area contributed by atoms with E-state index in [1.807, 2.05) is 29.8 Å². The summed E-state index contributed by atoms with van der Waals surface area (Å²) in [5, 5.41) is 44.8. The van der Waals surface area contributed by atoms with E-state index in [1.165, 1.54) is 4.88 Å². The number of thiophene rings is 1. The Kier molecular flexibility index (Phi) is 5.23. The van der Waals surface area contributed by atoms with Gasteiger partial charge in [-0.1, -0.05) is 17.7 Å². The molecule has 6 rings (SSSR count). The molecule has 3 aromatic rings. The first-order valence-corrected chi connectivity index (χ1v) is 12.8. The van der Waals surface area contributed by atoms with Crippen LogP contribution in [0.2, 0.25) is 5.02 Å². The lowest BCUT2D eigenvalue weighted by molar-refractivity contribution is -0.368. The van der Waals surface area contributed by atoms with Crippen molar-refractivity contribution in [2.24, 2.45) is 0 Å². The molecule has 4 heterocycles. The van der Waals surface area contributed by atoms with E-state index in [-0.39, 0.29) is 12.0 Å². The van der Waals surface area contributed by atoms with Gasteiger partial charge >= 0.3 is 0 Å². The van der Waals surface area contributed by atoms with Crippen molar-refractivity contribution in [3.63, 3.8) is 0 Å². The van der Waals surface area contributed by atoms with Crippen LogP contribution in [-0.4, -0.2) is 56.4 Å². The van der Waals surface area contributed by atoms with Gasteiger partial charge in [-0.15, -0.1) is 22.7 Å². The highest BCUT2D eigenvalue weighted by atomic mass is 35.5. The van der Waals surface area contributed by atoms with E-state index in [1.54, 1.807) is 22.7 Å². The summed E-state index contributed by atoms with van der Waals surface area (Å²) in [5.74, 6) is -1.69. The van der Waals surface area contributed by atoms with Gasteiger partial charge in [0.2, 0.25) is 5.79 Å². The molecule has 0 unspecified atom stereocenters. The minimum absolute atomic E-state index is 0.125. The van der Waals surface area contributed by atoms with Crippen LogP contribution in [0.4, 0.5) is 0 Å². The van der Waals surface area contributed by atoms with E-state index in [9.17, 15) is 20.4 Å². The standard InChI is InChI=1S/C23H22ClNO6S2/c24-14-6-11-10-30-23(20(29)19(28)18(27)15(9-26)31-23)12(11)7-13(14)22(3-4-22)21-25-8-17(33-21)16-2-1-5-32-16/h1-2,5-8,15,18-20,26-29H,3-4,9-10H2/t15-,18-,19+,20-,23+/m1/s1. The Morgan fingerprint density at radius 1 is 1.12 bits per heavy atom. The lowest BCUT2D eigenvalue weighted by atomic mass is 9.85. The number of hydrogen-bond acceptors (Lipinski definition) is 9. The van der Waals surface area contributed by atoms with Gasteiger partial charge in [-0.05, 0) is 47.5 Å². The molecule has 0 amide bonds. The van der Waals surface area contributed by atoms with Crippen LogP contribution < -0.4 is 0 Å². The zero-order chi connectivity index (χ0) is 23.0. The molecule has 1 aromatic carbocycles. The number of rotatable bonds is 4. The van der Waals surface area contributed by atoms with E-state index in [0.717, 1.165) is 33.9 Å². The third-order valence-electron chi connectivity index (χ3n) is 6.91. The predicted molar refractivity (Wildman–Crippen MR) is 123 cm³/mol. The van der Waals surface area contributed by atoms with E-state index < -0.39 is 36.8 Å². The number of benzene rings is 1. The van der Waals surface area contributed by atoms with Crippen LogP contribution in [-0.2, 0) is 27.3 Å². The number of hydrogen-bond donors (Lipinski definition) is 4. The maximum absolute atomic E-state index is 10.9. The molecule has 2 aromatic heterocycles. The molecule has 1 saturated heterocycles. The molecule has 1 aliphatic carbocycles. The number of thiazole rings is 1. The van der Waals surface area contributed by atoms with Gasteiger partial charge in [0.15, 0.2) is 0 Å². The number of aliphatic hydroxyl groups excluding tert-OH is 4. The second kappa shape index (κ2) is 7.81. The van der Waals surface area contributed by atoms with Crippen molar-refractivity contribution in [3.05, 3.63) is 62.6 Å². The Balaban J connectivity index is 1.43. The highest BCUT2D eigenvalue weighted by Gasteiger charge is 2.59. The van der Waals surface area contributed by atoms with Gasteiger partial charge < -0.3 is 29.9 Å². The molecule has 1 spiro atoms. The highest BCUT2D eigenvalue weighted by molar-refractivity contribution is 7.21. The van der Waals surface area contributed by atoms with Crippen LogP contribution in [0.5, 0.6) is 0 Å². The summed E-state index contributed by atoms with van der Waals surface area (Å²) in [6.07, 6.45) is -1.93. The van der Waals surface area contributed by atoms with Crippen LogP contribution in [0.1, 0.15) is 34.5 Å². The third kappa shape index (κ3) is 3.19. The van der Waals surface area contributed by atoms with E-state index in [4.69, 9.17) is 26.1 Å². The molecule has 33 heavy (non-hydrogen) atoms. The minimum Gasteiger partial charge on any atom is -0.394 e. The molecule has 10 heteroatoms. The third-order valence-corrected chi connectivity index (χ3v) is 9.48. The average Bonchev–Trinajstić information content (AvgIpc) is 3.19. The Morgan fingerprint density at radius 2 is 1.94 bits per heavy atom. The van der Waals surface area contributed by atoms with Gasteiger partial charge in [-0.2, -0.15) is 0 Å². The Labute approximate surface area is 202 Å². The summed E-state index contributed by atoms with van der Waals surface area (Å²) in [4.78, 5) is 7.01. The number of halogens is 1. The summed E-state index contributed by atoms with van der Waals surface area (Å²) >= 11 is 10.1. The van der Waals surface area contributed by atoms with Gasteiger partial charge in [-0.3, -0.25) is 0 Å². The Hall–Kier alpha value is -1.40. The monoisotopic (exact) mass is 507 g/mol. The summed E-state index contributed by atoms with van der Waals surface area (Å²) in [6, 6.07) is 7.79. The molecule has 7 nitrogen and oxygen atoms in total. The second-order valence-electron chi connectivity index (χ2n) is 8.80. The molecular weight excluding hydrogens is 486 g/mol. The van der Waals surface area contributed by atoms with Crippen molar-refractivity contribution >= 4 is 34.3 Å². The van der Waals surface area contributed by atoms with E-state index in [2.05, 4.69) is 6.07 Å². The topological polar surface area (TPSA) is 112 Å². The smallest absolute Gasteiger partial charge is 0.225 e. The molecule has 0 radical (unpaired) electrons. The zero-order valence-corrected chi connectivity index (χ0v) is 19.7. The zero-order valence-electron chi connectivity index (χ0n) is 17.3. The average molecular weight is 508 g/mol. The number of fused-ring (bicyclic) bond motifs is 2. The number of ether oxygens (including phenoxy) is 2. The minimum atomic E-state index is -1.69. The van der Waals surface area contributed by atoms with Crippen molar-refractivity contribution in [1.29, 1.82) is 0 Å². The number of aliphatic hydroxyl groups is 4. The Bertz CT molecular complexity index is 1190. The molecule has 4 N–H and O–H groups in total. The van der Waals surface area contributed by atoms with E-state index >= 15 is 0 Å². The van der Waals surface area contributed by atoms with E-state index in [0.29, 0.717) is 10.6 Å². The van der Waals surface area contributed by atoms with Gasteiger partial charge in [0.1, 0.15) is 29.4 Å². The largest absolute Gasteiger partial charge is 0.394 e. The van der Waals surface area contributed by atoms with Crippen molar-refractivity contribution in [1.82, 2.24) is 4.98 Å². The summed E-state index contributed by atoms with van der Waals surface area (Å²) in [7, 11) is 0. The number of aromatic nitrogens is 1. The van der Waals surface area contributed by atoms with Gasteiger partial charge in [-0.25, -0.2) is 4.98 Å². The van der Waals surface area contributed by atoms with Crippen molar-refractivity contribution < 1.29 is 29.9 Å². The predicted octanol–water partition coefficient (Wildman–Crippen LogP) is 2.76. The molecule has 0 bridgehead atoms. The quantitative estimate of drug-likeness (QED) is 0.429. The fourth-order valence-corrected chi connectivity index (χ4v) is 7.29. The summed E-state index contributed by atoms with van der Waals surface area (Å²) < 4.78 is 11.8. The first-order valence-electron chi connectivity index (χ1n) is 10.7. The maximum Gasteiger partial charge on any atom is 0.225 e. The molecule has 1 saturated carbocycles. The van der Waals surface area contributed by atoms with Gasteiger partial charge in [0.05, 0.1) is 18.1 Å². The first kappa shape index (κ1) is 22.1. The van der Waals surface area contributed by atoms with Crippen LogP contribution >= 0.6 is 34.3 Å². The normalized spacial score (nSPS) is 32.3. The SMILES string of the molecule is OC[C@H]1O[C@]2(OCc3cc(Cl)c(C4(c5ncc(-c6cccs6)s5)CC4)cc32)[C@H](O)[C@@H](O)[C@@H]1O. The Morgan fingerprint density at radius 3 is 2.64 bits per heavy atom. The lowest BCUT2D eigenvalue weighted by Crippen LogP contribution is -2.63. The van der Waals surface area contributed by atoms with Crippen LogP contribution in [0.15, 0.2) is 35.8 Å². The lowest BCUT2D eigenvalue weighted by Gasteiger charge is -2.46. The molecule has 174 valence electrons. The molecule has 5 atom stereocenters. The summed E-state index contributed by atoms with van der Waals surface area (Å²) in [5.41, 5.74) is 1.83. The molecule has 3 aliphatic rings. The van der Waals surface area contributed by atoms with Gasteiger partial charge in [0.25, 0.3) is 0 Å². The highest BCUT2D eigenvalue weighted by Crippen LogP contribution is 2.58. The van der Waals surface area contributed by atoms with Crippen molar-refractivity contribution in [2.75, 3.05) is 6.61 Å². The maximum atomic E-state index is 10.9. The second-order valence-corrected chi connectivity index (χ2v) is 11.2. The molecular formula is C23H22ClNO6S2. The van der Waals surface area contributed by atoms with Crippen molar-refractivity contribution in [2.45, 2.75) is 55.1 Å². The number of nitrogens with zero attached hydrogens (tertiary/aromatic N) is 1. The van der Waals surface area contributed by atoms with Crippen molar-refractivity contribution in [3.8, 4) is 9.75 Å². The fourth-order valence-electron chi connectivity index (χ4n) is 4.92.